The highest BCUT2D eigenvalue weighted by atomic mass is 16.2. The van der Waals surface area contributed by atoms with Crippen LogP contribution in [-0.2, 0) is 16.0 Å². The Labute approximate surface area is 154 Å². The average molecular weight is 351 g/mol. The summed E-state index contributed by atoms with van der Waals surface area (Å²) in [5.74, 6) is -0.470. The largest absolute Gasteiger partial charge is 0.378 e. The zero-order valence-corrected chi connectivity index (χ0v) is 15.5. The summed E-state index contributed by atoms with van der Waals surface area (Å²) in [6.45, 7) is 2.09. The van der Waals surface area contributed by atoms with E-state index in [4.69, 9.17) is 0 Å². The molecule has 1 fully saturated rings. The molecular formula is C21H25N3O2. The van der Waals surface area contributed by atoms with E-state index in [9.17, 15) is 9.59 Å². The van der Waals surface area contributed by atoms with E-state index in [0.29, 0.717) is 18.5 Å². The van der Waals surface area contributed by atoms with Gasteiger partial charge in [-0.2, -0.15) is 0 Å². The maximum absolute atomic E-state index is 12.7. The van der Waals surface area contributed by atoms with Crippen LogP contribution in [0, 0.1) is 5.41 Å². The highest BCUT2D eigenvalue weighted by molar-refractivity contribution is 6.16. The van der Waals surface area contributed by atoms with Crippen molar-refractivity contribution in [3.05, 3.63) is 54.1 Å². The Morgan fingerprint density at radius 2 is 1.35 bits per heavy atom. The first-order valence-corrected chi connectivity index (χ1v) is 8.94. The molecule has 136 valence electrons. The fourth-order valence-electron chi connectivity index (χ4n) is 2.85. The van der Waals surface area contributed by atoms with Crippen molar-refractivity contribution in [2.45, 2.75) is 26.2 Å². The van der Waals surface area contributed by atoms with Gasteiger partial charge in [0.15, 0.2) is 0 Å². The zero-order valence-electron chi connectivity index (χ0n) is 15.5. The van der Waals surface area contributed by atoms with Gasteiger partial charge in [0.1, 0.15) is 5.41 Å². The van der Waals surface area contributed by atoms with E-state index >= 15 is 0 Å². The van der Waals surface area contributed by atoms with Crippen LogP contribution in [0.4, 0.5) is 17.1 Å². The molecule has 0 aromatic heterocycles. The van der Waals surface area contributed by atoms with E-state index in [-0.39, 0.29) is 11.8 Å². The minimum Gasteiger partial charge on any atom is -0.378 e. The number of hydrogen-bond acceptors (Lipinski definition) is 3. The van der Waals surface area contributed by atoms with Crippen molar-refractivity contribution in [3.63, 3.8) is 0 Å². The van der Waals surface area contributed by atoms with Gasteiger partial charge in [0.2, 0.25) is 11.8 Å². The fraction of sp³-hybridized carbons (Fsp3) is 0.333. The Hall–Kier alpha value is -2.82. The molecule has 1 aliphatic carbocycles. The molecule has 0 unspecified atom stereocenters. The molecule has 5 nitrogen and oxygen atoms in total. The SMILES string of the molecule is CCc1ccc(NC(=O)C2(C(=O)Nc3ccc(N(C)C)cc3)CC2)cc1. The Kier molecular flexibility index (Phi) is 4.98. The first kappa shape index (κ1) is 18.0. The molecule has 2 aromatic rings. The molecule has 0 heterocycles. The zero-order chi connectivity index (χ0) is 18.7. The van der Waals surface area contributed by atoms with Crippen molar-refractivity contribution in [2.75, 3.05) is 29.6 Å². The van der Waals surface area contributed by atoms with Crippen LogP contribution in [0.2, 0.25) is 0 Å². The van der Waals surface area contributed by atoms with Gasteiger partial charge in [0.25, 0.3) is 0 Å². The van der Waals surface area contributed by atoms with Crippen LogP contribution in [-0.4, -0.2) is 25.9 Å². The molecule has 2 aromatic carbocycles. The summed E-state index contributed by atoms with van der Waals surface area (Å²) < 4.78 is 0. The smallest absolute Gasteiger partial charge is 0.240 e. The Morgan fingerprint density at radius 1 is 0.885 bits per heavy atom. The number of carbonyl (C=O) groups is 2. The lowest BCUT2D eigenvalue weighted by Gasteiger charge is -2.17. The molecule has 0 bridgehead atoms. The summed E-state index contributed by atoms with van der Waals surface area (Å²) in [7, 11) is 3.92. The Balaban J connectivity index is 1.65. The van der Waals surface area contributed by atoms with Crippen LogP contribution in [0.15, 0.2) is 48.5 Å². The third kappa shape index (κ3) is 3.72. The van der Waals surface area contributed by atoms with Crippen molar-refractivity contribution < 1.29 is 9.59 Å². The molecule has 5 heteroatoms. The summed E-state index contributed by atoms with van der Waals surface area (Å²) in [5.41, 5.74) is 2.73. The standard InChI is InChI=1S/C21H25N3O2/c1-4-15-5-7-16(8-6-15)22-19(25)21(13-14-21)20(26)23-17-9-11-18(12-10-17)24(2)3/h5-12H,4,13-14H2,1-3H3,(H,22,25)(H,23,26). The van der Waals surface area contributed by atoms with Crippen molar-refractivity contribution in [1.29, 1.82) is 0 Å². The van der Waals surface area contributed by atoms with Crippen molar-refractivity contribution in [2.24, 2.45) is 5.41 Å². The number of nitrogens with one attached hydrogen (secondary N) is 2. The molecular weight excluding hydrogens is 326 g/mol. The third-order valence-electron chi connectivity index (χ3n) is 4.88. The van der Waals surface area contributed by atoms with E-state index in [0.717, 1.165) is 17.8 Å². The maximum atomic E-state index is 12.7. The maximum Gasteiger partial charge on any atom is 0.240 e. The first-order chi connectivity index (χ1) is 12.4. The predicted molar refractivity (Wildman–Crippen MR) is 106 cm³/mol. The lowest BCUT2D eigenvalue weighted by atomic mass is 10.0. The molecule has 0 aliphatic heterocycles. The van der Waals surface area contributed by atoms with E-state index in [1.165, 1.54) is 5.56 Å². The summed E-state index contributed by atoms with van der Waals surface area (Å²) in [4.78, 5) is 27.3. The van der Waals surface area contributed by atoms with Crippen LogP contribution >= 0.6 is 0 Å². The van der Waals surface area contributed by atoms with Crippen LogP contribution in [0.5, 0.6) is 0 Å². The Morgan fingerprint density at radius 3 is 1.73 bits per heavy atom. The van der Waals surface area contributed by atoms with Gasteiger partial charge in [0, 0.05) is 31.2 Å². The Bertz CT molecular complexity index is 791. The second-order valence-corrected chi connectivity index (χ2v) is 6.98. The van der Waals surface area contributed by atoms with Gasteiger partial charge in [-0.05, 0) is 61.2 Å². The number of nitrogens with zero attached hydrogens (tertiary/aromatic N) is 1. The number of aryl methyl sites for hydroxylation is 1. The molecule has 0 spiro atoms. The fourth-order valence-corrected chi connectivity index (χ4v) is 2.85. The summed E-state index contributed by atoms with van der Waals surface area (Å²) in [6, 6.07) is 15.3. The number of benzene rings is 2. The van der Waals surface area contributed by atoms with Gasteiger partial charge in [-0.15, -0.1) is 0 Å². The molecule has 2 amide bonds. The first-order valence-electron chi connectivity index (χ1n) is 8.94. The van der Waals surface area contributed by atoms with Crippen molar-refractivity contribution in [3.8, 4) is 0 Å². The van der Waals surface area contributed by atoms with Gasteiger partial charge in [0.05, 0.1) is 0 Å². The van der Waals surface area contributed by atoms with E-state index in [1.807, 2.05) is 67.5 Å². The number of hydrogen-bond donors (Lipinski definition) is 2. The summed E-state index contributed by atoms with van der Waals surface area (Å²) >= 11 is 0. The highest BCUT2D eigenvalue weighted by Crippen LogP contribution is 2.47. The molecule has 1 aliphatic rings. The second kappa shape index (κ2) is 7.20. The van der Waals surface area contributed by atoms with E-state index in [1.54, 1.807) is 0 Å². The van der Waals surface area contributed by atoms with Gasteiger partial charge < -0.3 is 15.5 Å². The molecule has 0 saturated heterocycles. The third-order valence-corrected chi connectivity index (χ3v) is 4.88. The summed E-state index contributed by atoms with van der Waals surface area (Å²) in [6.07, 6.45) is 2.11. The van der Waals surface area contributed by atoms with Crippen LogP contribution in [0.3, 0.4) is 0 Å². The van der Waals surface area contributed by atoms with Crippen LogP contribution in [0.25, 0.3) is 0 Å². The minimum absolute atomic E-state index is 0.232. The lowest BCUT2D eigenvalue weighted by Crippen LogP contribution is -2.35. The van der Waals surface area contributed by atoms with Crippen LogP contribution < -0.4 is 15.5 Å². The highest BCUT2D eigenvalue weighted by Gasteiger charge is 2.56. The van der Waals surface area contributed by atoms with E-state index in [2.05, 4.69) is 17.6 Å². The topological polar surface area (TPSA) is 61.4 Å². The molecule has 3 rings (SSSR count). The lowest BCUT2D eigenvalue weighted by molar-refractivity contribution is -0.131. The number of amides is 2. The van der Waals surface area contributed by atoms with E-state index < -0.39 is 5.41 Å². The molecule has 26 heavy (non-hydrogen) atoms. The van der Waals surface area contributed by atoms with Crippen molar-refractivity contribution >= 4 is 28.9 Å². The normalized spacial score (nSPS) is 14.4. The summed E-state index contributed by atoms with van der Waals surface area (Å²) in [5, 5.41) is 5.76. The van der Waals surface area contributed by atoms with Crippen molar-refractivity contribution in [1.82, 2.24) is 0 Å². The number of rotatable bonds is 6. The van der Waals surface area contributed by atoms with Gasteiger partial charge in [-0.1, -0.05) is 19.1 Å². The quantitative estimate of drug-likeness (QED) is 0.781. The number of anilines is 3. The second-order valence-electron chi connectivity index (χ2n) is 6.98. The van der Waals surface area contributed by atoms with Gasteiger partial charge >= 0.3 is 0 Å². The van der Waals surface area contributed by atoms with Gasteiger partial charge in [-0.3, -0.25) is 9.59 Å². The predicted octanol–water partition coefficient (Wildman–Crippen LogP) is 3.67. The number of carbonyl (C=O) groups excluding carboxylic acids is 2. The molecule has 2 N–H and O–H groups in total. The van der Waals surface area contributed by atoms with Crippen LogP contribution in [0.1, 0.15) is 25.3 Å². The molecule has 0 radical (unpaired) electrons. The monoisotopic (exact) mass is 351 g/mol. The molecule has 0 atom stereocenters. The van der Waals surface area contributed by atoms with Gasteiger partial charge in [-0.25, -0.2) is 0 Å². The average Bonchev–Trinajstić information content (AvgIpc) is 3.45. The minimum atomic E-state index is -0.955. The molecule has 1 saturated carbocycles.